The van der Waals surface area contributed by atoms with Crippen LogP contribution >= 0.6 is 11.8 Å². The number of amides is 1. The molecule has 1 N–H and O–H groups in total. The molecule has 0 aliphatic heterocycles. The summed E-state index contributed by atoms with van der Waals surface area (Å²) in [7, 11) is 0. The molecular weight excluding hydrogens is 386 g/mol. The Kier molecular flexibility index (Phi) is 6.59. The van der Waals surface area contributed by atoms with Crippen molar-refractivity contribution in [2.45, 2.75) is 51.7 Å². The lowest BCUT2D eigenvalue weighted by atomic mass is 10.1. The third-order valence-corrected chi connectivity index (χ3v) is 5.59. The Labute approximate surface area is 175 Å². The van der Waals surface area contributed by atoms with Gasteiger partial charge in [-0.1, -0.05) is 36.0 Å². The number of nitrogens with one attached hydrogen (secondary N) is 1. The maximum atomic E-state index is 12.5. The second-order valence-corrected chi connectivity index (χ2v) is 8.31. The molecule has 0 bridgehead atoms. The largest absolute Gasteiger partial charge is 0.484 e. The van der Waals surface area contributed by atoms with E-state index in [4.69, 9.17) is 9.15 Å². The Hall–Kier alpha value is -2.80. The number of carbonyl (C=O) groups excluding carboxylic acids is 1. The zero-order chi connectivity index (χ0) is 21.0. The molecule has 0 radical (unpaired) electrons. The van der Waals surface area contributed by atoms with Crippen molar-refractivity contribution in [1.82, 2.24) is 10.2 Å². The molecule has 1 heterocycles. The molecule has 152 valence electrons. The number of thioether (sulfide) groups is 1. The van der Waals surface area contributed by atoms with Gasteiger partial charge in [-0.05, 0) is 69.0 Å². The molecule has 0 saturated heterocycles. The molecule has 0 fully saturated rings. The van der Waals surface area contributed by atoms with Crippen molar-refractivity contribution in [3.63, 3.8) is 0 Å². The smallest absolute Gasteiger partial charge is 0.277 e. The summed E-state index contributed by atoms with van der Waals surface area (Å²) in [5.41, 5.74) is 5.17. The van der Waals surface area contributed by atoms with E-state index in [0.29, 0.717) is 11.1 Å². The van der Waals surface area contributed by atoms with Gasteiger partial charge in [-0.25, -0.2) is 0 Å². The molecule has 0 spiro atoms. The fourth-order valence-electron chi connectivity index (χ4n) is 2.67. The molecule has 1 unspecified atom stereocenters. The van der Waals surface area contributed by atoms with Crippen molar-refractivity contribution in [1.29, 1.82) is 0 Å². The Morgan fingerprint density at radius 1 is 1.14 bits per heavy atom. The van der Waals surface area contributed by atoms with E-state index in [0.717, 1.165) is 33.7 Å². The van der Waals surface area contributed by atoms with Crippen LogP contribution in [0.1, 0.15) is 35.1 Å². The molecule has 29 heavy (non-hydrogen) atoms. The number of carbonyl (C=O) groups is 1. The number of hydrogen-bond acceptors (Lipinski definition) is 6. The Bertz CT molecular complexity index is 1020. The van der Waals surface area contributed by atoms with Crippen molar-refractivity contribution in [2.24, 2.45) is 0 Å². The predicted octanol–water partition coefficient (Wildman–Crippen LogP) is 5.00. The van der Waals surface area contributed by atoms with Gasteiger partial charge >= 0.3 is 0 Å². The van der Waals surface area contributed by atoms with Gasteiger partial charge in [0.25, 0.3) is 11.1 Å². The van der Waals surface area contributed by atoms with E-state index >= 15 is 0 Å². The van der Waals surface area contributed by atoms with Crippen molar-refractivity contribution in [3.05, 3.63) is 64.5 Å². The van der Waals surface area contributed by atoms with E-state index in [2.05, 4.69) is 15.5 Å². The molecule has 3 rings (SSSR count). The predicted molar refractivity (Wildman–Crippen MR) is 114 cm³/mol. The summed E-state index contributed by atoms with van der Waals surface area (Å²) in [5, 5.41) is 10.9. The van der Waals surface area contributed by atoms with Gasteiger partial charge in [-0.3, -0.25) is 4.79 Å². The minimum atomic E-state index is -0.386. The first-order valence-corrected chi connectivity index (χ1v) is 10.3. The molecule has 0 aliphatic carbocycles. The quantitative estimate of drug-likeness (QED) is 0.551. The van der Waals surface area contributed by atoms with Crippen LogP contribution in [0, 0.1) is 27.7 Å². The number of hydrogen-bond donors (Lipinski definition) is 1. The standard InChI is InChI=1S/C22H25N3O3S/c1-13-9-10-15(3)19(11-13)27-12-20-24-25-22(28-20)29-17(5)21(26)23-18-8-6-7-14(2)16(18)4/h6-11,17H,12H2,1-5H3,(H,23,26). The van der Waals surface area contributed by atoms with Crippen LogP contribution in [0.2, 0.25) is 0 Å². The van der Waals surface area contributed by atoms with Gasteiger partial charge < -0.3 is 14.5 Å². The molecule has 0 saturated carbocycles. The van der Waals surface area contributed by atoms with E-state index in [1.807, 2.05) is 71.0 Å². The number of ether oxygens (including phenoxy) is 1. The molecule has 1 atom stereocenters. The Morgan fingerprint density at radius 3 is 2.72 bits per heavy atom. The second kappa shape index (κ2) is 9.13. The van der Waals surface area contributed by atoms with Gasteiger partial charge in [0, 0.05) is 5.69 Å². The summed E-state index contributed by atoms with van der Waals surface area (Å²) in [6, 6.07) is 11.9. The SMILES string of the molecule is Cc1ccc(C)c(OCc2nnc(SC(C)C(=O)Nc3cccc(C)c3C)o2)c1. The van der Waals surface area contributed by atoms with E-state index in [9.17, 15) is 4.79 Å². The summed E-state index contributed by atoms with van der Waals surface area (Å²) < 4.78 is 11.4. The van der Waals surface area contributed by atoms with Gasteiger partial charge in [-0.2, -0.15) is 0 Å². The zero-order valence-corrected chi connectivity index (χ0v) is 18.1. The summed E-state index contributed by atoms with van der Waals surface area (Å²) in [5.74, 6) is 1.05. The molecule has 2 aromatic carbocycles. The third-order valence-electron chi connectivity index (χ3n) is 4.65. The van der Waals surface area contributed by atoms with Gasteiger partial charge in [0.15, 0.2) is 6.61 Å². The number of aromatic nitrogens is 2. The summed E-state index contributed by atoms with van der Waals surface area (Å²) in [4.78, 5) is 12.5. The van der Waals surface area contributed by atoms with E-state index < -0.39 is 0 Å². The van der Waals surface area contributed by atoms with Crippen molar-refractivity contribution < 1.29 is 13.9 Å². The molecule has 6 nitrogen and oxygen atoms in total. The van der Waals surface area contributed by atoms with Crippen LogP contribution in [0.5, 0.6) is 5.75 Å². The number of benzene rings is 2. The van der Waals surface area contributed by atoms with Crippen molar-refractivity contribution in [3.8, 4) is 5.75 Å². The number of aryl methyl sites for hydroxylation is 3. The lowest BCUT2D eigenvalue weighted by Crippen LogP contribution is -2.23. The maximum absolute atomic E-state index is 12.5. The van der Waals surface area contributed by atoms with Crippen LogP contribution < -0.4 is 10.1 Å². The molecule has 0 aliphatic rings. The topological polar surface area (TPSA) is 77.2 Å². The molecule has 7 heteroatoms. The summed E-state index contributed by atoms with van der Waals surface area (Å²) in [6.45, 7) is 9.99. The minimum Gasteiger partial charge on any atom is -0.484 e. The van der Waals surface area contributed by atoms with E-state index in [1.165, 1.54) is 11.8 Å². The summed E-state index contributed by atoms with van der Waals surface area (Å²) in [6.07, 6.45) is 0. The third kappa shape index (κ3) is 5.38. The summed E-state index contributed by atoms with van der Waals surface area (Å²) >= 11 is 1.22. The maximum Gasteiger partial charge on any atom is 0.277 e. The highest BCUT2D eigenvalue weighted by Gasteiger charge is 2.19. The normalized spacial score (nSPS) is 11.9. The average molecular weight is 412 g/mol. The molecule has 3 aromatic rings. The first kappa shape index (κ1) is 20.9. The van der Waals surface area contributed by atoms with Crippen LogP contribution in [0.15, 0.2) is 46.0 Å². The van der Waals surface area contributed by atoms with E-state index in [1.54, 1.807) is 0 Å². The first-order chi connectivity index (χ1) is 13.8. The first-order valence-electron chi connectivity index (χ1n) is 9.39. The average Bonchev–Trinajstić information content (AvgIpc) is 3.13. The van der Waals surface area contributed by atoms with Gasteiger partial charge in [-0.15, -0.1) is 10.2 Å². The van der Waals surface area contributed by atoms with Gasteiger partial charge in [0.05, 0.1) is 5.25 Å². The number of anilines is 1. The molecule has 1 amide bonds. The van der Waals surface area contributed by atoms with E-state index in [-0.39, 0.29) is 17.8 Å². The zero-order valence-electron chi connectivity index (χ0n) is 17.3. The van der Waals surface area contributed by atoms with Crippen molar-refractivity contribution in [2.75, 3.05) is 5.32 Å². The highest BCUT2D eigenvalue weighted by molar-refractivity contribution is 8.00. The van der Waals surface area contributed by atoms with Crippen LogP contribution in [0.25, 0.3) is 0 Å². The van der Waals surface area contributed by atoms with Crippen molar-refractivity contribution >= 4 is 23.4 Å². The molecular formula is C22H25N3O3S. The highest BCUT2D eigenvalue weighted by atomic mass is 32.2. The van der Waals surface area contributed by atoms with Crippen LogP contribution in [-0.4, -0.2) is 21.4 Å². The van der Waals surface area contributed by atoms with Crippen LogP contribution in [-0.2, 0) is 11.4 Å². The van der Waals surface area contributed by atoms with Gasteiger partial charge in [0.1, 0.15) is 5.75 Å². The Balaban J connectivity index is 1.57. The minimum absolute atomic E-state index is 0.116. The molecule has 1 aromatic heterocycles. The fraction of sp³-hybridized carbons (Fsp3) is 0.318. The van der Waals surface area contributed by atoms with Crippen LogP contribution in [0.4, 0.5) is 5.69 Å². The highest BCUT2D eigenvalue weighted by Crippen LogP contribution is 2.25. The van der Waals surface area contributed by atoms with Gasteiger partial charge in [0.2, 0.25) is 5.91 Å². The second-order valence-electron chi connectivity index (χ2n) is 7.02. The van der Waals surface area contributed by atoms with Crippen LogP contribution in [0.3, 0.4) is 0 Å². The number of nitrogens with zero attached hydrogens (tertiary/aromatic N) is 2. The monoisotopic (exact) mass is 411 g/mol. The fourth-order valence-corrected chi connectivity index (χ4v) is 3.37. The Morgan fingerprint density at radius 2 is 1.93 bits per heavy atom. The number of rotatable bonds is 7. The lowest BCUT2D eigenvalue weighted by molar-refractivity contribution is -0.115. The lowest BCUT2D eigenvalue weighted by Gasteiger charge is -2.13.